The van der Waals surface area contributed by atoms with E-state index in [0.29, 0.717) is 43.1 Å². The van der Waals surface area contributed by atoms with E-state index in [1.807, 2.05) is 4.90 Å². The molecule has 2 aromatic carbocycles. The zero-order valence-corrected chi connectivity index (χ0v) is 14.5. The van der Waals surface area contributed by atoms with Gasteiger partial charge >= 0.3 is 12.2 Å². The van der Waals surface area contributed by atoms with Gasteiger partial charge < -0.3 is 15.1 Å². The van der Waals surface area contributed by atoms with Crippen molar-refractivity contribution in [2.75, 3.05) is 36.4 Å². The summed E-state index contributed by atoms with van der Waals surface area (Å²) in [4.78, 5) is 16.0. The Morgan fingerprint density at radius 3 is 2.30 bits per heavy atom. The van der Waals surface area contributed by atoms with Crippen LogP contribution in [0.3, 0.4) is 0 Å². The number of hydrogen-bond acceptors (Lipinski definition) is 2. The van der Waals surface area contributed by atoms with Gasteiger partial charge in [-0.15, -0.1) is 6.42 Å². The van der Waals surface area contributed by atoms with Crippen molar-refractivity contribution in [1.82, 2.24) is 4.90 Å². The minimum atomic E-state index is -4.34. The van der Waals surface area contributed by atoms with Gasteiger partial charge in [0.05, 0.1) is 5.56 Å². The SMILES string of the molecule is C#Cc1cccc(NC(=O)N2CCN(c3ccc(C(F)(F)F)cc3)CC2)c1. The molecule has 0 radical (unpaired) electrons. The summed E-state index contributed by atoms with van der Waals surface area (Å²) in [5.41, 5.74) is 1.35. The van der Waals surface area contributed by atoms with Crippen molar-refractivity contribution in [3.8, 4) is 12.3 Å². The number of nitrogens with one attached hydrogen (secondary N) is 1. The summed E-state index contributed by atoms with van der Waals surface area (Å²) in [6, 6.07) is 11.9. The Labute approximate surface area is 155 Å². The fourth-order valence-corrected chi connectivity index (χ4v) is 2.92. The van der Waals surface area contributed by atoms with E-state index in [-0.39, 0.29) is 6.03 Å². The maximum absolute atomic E-state index is 12.7. The van der Waals surface area contributed by atoms with Crippen molar-refractivity contribution >= 4 is 17.4 Å². The van der Waals surface area contributed by atoms with Gasteiger partial charge in [0, 0.05) is 43.1 Å². The van der Waals surface area contributed by atoms with Crippen LogP contribution >= 0.6 is 0 Å². The molecule has 0 aromatic heterocycles. The van der Waals surface area contributed by atoms with Gasteiger partial charge in [0.2, 0.25) is 0 Å². The molecule has 3 rings (SSSR count). The standard InChI is InChI=1S/C20H18F3N3O/c1-2-15-4-3-5-17(14-15)24-19(27)26-12-10-25(11-13-26)18-8-6-16(7-9-18)20(21,22)23/h1,3-9,14H,10-13H2,(H,24,27). The van der Waals surface area contributed by atoms with Crippen molar-refractivity contribution in [2.45, 2.75) is 6.18 Å². The quantitative estimate of drug-likeness (QED) is 0.807. The Morgan fingerprint density at radius 2 is 1.70 bits per heavy atom. The summed E-state index contributed by atoms with van der Waals surface area (Å²) in [5.74, 6) is 2.52. The maximum Gasteiger partial charge on any atom is 0.416 e. The number of rotatable bonds is 2. The normalized spacial score (nSPS) is 14.6. The zero-order chi connectivity index (χ0) is 19.4. The Morgan fingerprint density at radius 1 is 1.04 bits per heavy atom. The fraction of sp³-hybridized carbons (Fsp3) is 0.250. The van der Waals surface area contributed by atoms with Gasteiger partial charge in [0.1, 0.15) is 0 Å². The highest BCUT2D eigenvalue weighted by atomic mass is 19.4. The molecular weight excluding hydrogens is 355 g/mol. The van der Waals surface area contributed by atoms with Gasteiger partial charge in [-0.3, -0.25) is 0 Å². The Hall–Kier alpha value is -3.14. The second-order valence-corrected chi connectivity index (χ2v) is 6.17. The van der Waals surface area contributed by atoms with Gasteiger partial charge in [-0.1, -0.05) is 12.0 Å². The number of anilines is 2. The van der Waals surface area contributed by atoms with Gasteiger partial charge in [0.15, 0.2) is 0 Å². The van der Waals surface area contributed by atoms with Gasteiger partial charge in [-0.25, -0.2) is 4.79 Å². The molecule has 1 heterocycles. The minimum Gasteiger partial charge on any atom is -0.368 e. The average Bonchev–Trinajstić information content (AvgIpc) is 2.67. The fourth-order valence-electron chi connectivity index (χ4n) is 2.92. The summed E-state index contributed by atoms with van der Waals surface area (Å²) >= 11 is 0. The number of carbonyl (C=O) groups is 1. The molecule has 0 saturated carbocycles. The molecule has 0 spiro atoms. The van der Waals surface area contributed by atoms with E-state index in [4.69, 9.17) is 6.42 Å². The molecule has 140 valence electrons. The second-order valence-electron chi connectivity index (χ2n) is 6.17. The zero-order valence-electron chi connectivity index (χ0n) is 14.5. The number of piperazine rings is 1. The molecule has 27 heavy (non-hydrogen) atoms. The molecule has 1 aliphatic rings. The second kappa shape index (κ2) is 7.62. The highest BCUT2D eigenvalue weighted by molar-refractivity contribution is 5.89. The van der Waals surface area contributed by atoms with Crippen molar-refractivity contribution in [1.29, 1.82) is 0 Å². The summed E-state index contributed by atoms with van der Waals surface area (Å²) in [7, 11) is 0. The van der Waals surface area contributed by atoms with E-state index >= 15 is 0 Å². The van der Waals surface area contributed by atoms with Crippen LogP contribution in [0.2, 0.25) is 0 Å². The summed E-state index contributed by atoms with van der Waals surface area (Å²) in [6.45, 7) is 2.04. The lowest BCUT2D eigenvalue weighted by molar-refractivity contribution is -0.137. The van der Waals surface area contributed by atoms with Gasteiger partial charge in [-0.05, 0) is 42.5 Å². The third kappa shape index (κ3) is 4.53. The van der Waals surface area contributed by atoms with Crippen LogP contribution in [0, 0.1) is 12.3 Å². The predicted molar refractivity (Wildman–Crippen MR) is 98.6 cm³/mol. The first kappa shape index (κ1) is 18.6. The highest BCUT2D eigenvalue weighted by Crippen LogP contribution is 2.30. The van der Waals surface area contributed by atoms with Crippen molar-refractivity contribution in [3.05, 3.63) is 59.7 Å². The van der Waals surface area contributed by atoms with Crippen molar-refractivity contribution in [2.24, 2.45) is 0 Å². The summed E-state index contributed by atoms with van der Waals surface area (Å²) in [6.07, 6.45) is 1.01. The average molecular weight is 373 g/mol. The molecule has 0 aliphatic carbocycles. The first-order valence-corrected chi connectivity index (χ1v) is 8.41. The van der Waals surface area contributed by atoms with Gasteiger partial charge in [-0.2, -0.15) is 13.2 Å². The number of alkyl halides is 3. The van der Waals surface area contributed by atoms with Crippen LogP contribution in [-0.4, -0.2) is 37.1 Å². The van der Waals surface area contributed by atoms with Gasteiger partial charge in [0.25, 0.3) is 0 Å². The highest BCUT2D eigenvalue weighted by Gasteiger charge is 2.30. The van der Waals surface area contributed by atoms with Crippen molar-refractivity contribution < 1.29 is 18.0 Å². The third-order valence-electron chi connectivity index (χ3n) is 4.41. The minimum absolute atomic E-state index is 0.226. The van der Waals surface area contributed by atoms with E-state index < -0.39 is 11.7 Å². The molecule has 7 heteroatoms. The van der Waals surface area contributed by atoms with E-state index in [9.17, 15) is 18.0 Å². The molecular formula is C20H18F3N3O. The van der Waals surface area contributed by atoms with Crippen LogP contribution in [0.25, 0.3) is 0 Å². The molecule has 0 atom stereocenters. The van der Waals surface area contributed by atoms with Crippen molar-refractivity contribution in [3.63, 3.8) is 0 Å². The Bertz CT molecular complexity index is 848. The first-order valence-electron chi connectivity index (χ1n) is 8.41. The monoisotopic (exact) mass is 373 g/mol. The van der Waals surface area contributed by atoms with E-state index in [0.717, 1.165) is 12.1 Å². The number of nitrogens with zero attached hydrogens (tertiary/aromatic N) is 2. The number of carbonyl (C=O) groups excluding carboxylic acids is 1. The molecule has 1 saturated heterocycles. The lowest BCUT2D eigenvalue weighted by atomic mass is 10.1. The summed E-state index contributed by atoms with van der Waals surface area (Å²) < 4.78 is 38.0. The molecule has 1 fully saturated rings. The van der Waals surface area contributed by atoms with Crippen LogP contribution < -0.4 is 10.2 Å². The van der Waals surface area contributed by atoms with E-state index in [1.54, 1.807) is 29.2 Å². The van der Waals surface area contributed by atoms with Crippen LogP contribution in [0.1, 0.15) is 11.1 Å². The Balaban J connectivity index is 1.56. The topological polar surface area (TPSA) is 35.6 Å². The predicted octanol–water partition coefficient (Wildman–Crippen LogP) is 4.04. The number of urea groups is 1. The maximum atomic E-state index is 12.7. The number of amides is 2. The summed E-state index contributed by atoms with van der Waals surface area (Å²) in [5, 5.41) is 2.81. The Kier molecular flexibility index (Phi) is 5.26. The molecule has 0 unspecified atom stereocenters. The smallest absolute Gasteiger partial charge is 0.368 e. The van der Waals surface area contributed by atoms with Crippen LogP contribution in [-0.2, 0) is 6.18 Å². The van der Waals surface area contributed by atoms with Crippen LogP contribution in [0.4, 0.5) is 29.3 Å². The van der Waals surface area contributed by atoms with Crippen LogP contribution in [0.5, 0.6) is 0 Å². The molecule has 2 amide bonds. The molecule has 1 aliphatic heterocycles. The molecule has 4 nitrogen and oxygen atoms in total. The number of hydrogen-bond donors (Lipinski definition) is 1. The van der Waals surface area contributed by atoms with E-state index in [1.165, 1.54) is 12.1 Å². The number of halogens is 3. The lowest BCUT2D eigenvalue weighted by Gasteiger charge is -2.36. The number of terminal acetylenes is 1. The first-order chi connectivity index (χ1) is 12.9. The number of benzene rings is 2. The van der Waals surface area contributed by atoms with Crippen LogP contribution in [0.15, 0.2) is 48.5 Å². The lowest BCUT2D eigenvalue weighted by Crippen LogP contribution is -2.50. The molecule has 0 bridgehead atoms. The molecule has 2 aromatic rings. The third-order valence-corrected chi connectivity index (χ3v) is 4.41. The van der Waals surface area contributed by atoms with E-state index in [2.05, 4.69) is 11.2 Å². The largest absolute Gasteiger partial charge is 0.416 e. The molecule has 1 N–H and O–H groups in total.